The summed E-state index contributed by atoms with van der Waals surface area (Å²) in [5, 5.41) is 2.68. The Labute approximate surface area is 144 Å². The predicted molar refractivity (Wildman–Crippen MR) is 91.5 cm³/mol. The molecule has 2 saturated heterocycles. The zero-order chi connectivity index (χ0) is 17.3. The van der Waals surface area contributed by atoms with Crippen LogP contribution < -0.4 is 5.32 Å². The van der Waals surface area contributed by atoms with E-state index in [0.717, 1.165) is 12.0 Å². The number of carbonyl (C=O) groups is 3. The second-order valence-electron chi connectivity index (χ2n) is 6.29. The van der Waals surface area contributed by atoms with Crippen molar-refractivity contribution in [3.8, 4) is 0 Å². The first-order valence-electron chi connectivity index (χ1n) is 7.88. The number of anilines is 1. The SMILES string of the molecule is Cc1ccc(NC(=O)COC(=O)[C@H]2CS[C@@]3(C)CCC(=O)N23)cc1. The largest absolute Gasteiger partial charge is 0.454 e. The summed E-state index contributed by atoms with van der Waals surface area (Å²) in [5.41, 5.74) is 1.75. The summed E-state index contributed by atoms with van der Waals surface area (Å²) in [7, 11) is 0. The molecule has 0 bridgehead atoms. The number of nitrogens with one attached hydrogen (secondary N) is 1. The molecule has 1 N–H and O–H groups in total. The minimum absolute atomic E-state index is 0.0199. The van der Waals surface area contributed by atoms with Gasteiger partial charge >= 0.3 is 5.97 Å². The number of hydrogen-bond acceptors (Lipinski definition) is 5. The van der Waals surface area contributed by atoms with Crippen molar-refractivity contribution >= 4 is 35.2 Å². The number of thioether (sulfide) groups is 1. The average molecular weight is 348 g/mol. The molecule has 2 fully saturated rings. The van der Waals surface area contributed by atoms with Crippen LogP contribution in [0.1, 0.15) is 25.3 Å². The van der Waals surface area contributed by atoms with Crippen LogP contribution in [-0.2, 0) is 19.1 Å². The molecule has 2 aliphatic heterocycles. The molecule has 0 aliphatic carbocycles. The number of amides is 2. The highest BCUT2D eigenvalue weighted by molar-refractivity contribution is 8.01. The first kappa shape index (κ1) is 16.8. The van der Waals surface area contributed by atoms with Crippen LogP contribution >= 0.6 is 11.8 Å². The van der Waals surface area contributed by atoms with E-state index in [1.54, 1.807) is 28.8 Å². The number of nitrogens with zero attached hydrogens (tertiary/aromatic N) is 1. The van der Waals surface area contributed by atoms with Gasteiger partial charge in [0.1, 0.15) is 6.04 Å². The molecular weight excluding hydrogens is 328 g/mol. The molecule has 1 aromatic rings. The van der Waals surface area contributed by atoms with E-state index in [2.05, 4.69) is 5.32 Å². The molecule has 24 heavy (non-hydrogen) atoms. The average Bonchev–Trinajstić information content (AvgIpc) is 3.04. The van der Waals surface area contributed by atoms with Crippen LogP contribution in [0, 0.1) is 6.92 Å². The van der Waals surface area contributed by atoms with Gasteiger partial charge in [0.25, 0.3) is 5.91 Å². The van der Waals surface area contributed by atoms with Crippen molar-refractivity contribution in [2.75, 3.05) is 17.7 Å². The summed E-state index contributed by atoms with van der Waals surface area (Å²) >= 11 is 1.60. The number of aryl methyl sites for hydroxylation is 1. The molecule has 0 spiro atoms. The highest BCUT2D eigenvalue weighted by Crippen LogP contribution is 2.47. The van der Waals surface area contributed by atoms with Gasteiger partial charge in [-0.05, 0) is 32.4 Å². The molecule has 2 heterocycles. The van der Waals surface area contributed by atoms with Crippen LogP contribution in [0.25, 0.3) is 0 Å². The number of esters is 1. The fourth-order valence-corrected chi connectivity index (χ4v) is 4.48. The van der Waals surface area contributed by atoms with Gasteiger partial charge in [0.15, 0.2) is 6.61 Å². The highest BCUT2D eigenvalue weighted by atomic mass is 32.2. The summed E-state index contributed by atoms with van der Waals surface area (Å²) in [6.45, 7) is 3.58. The lowest BCUT2D eigenvalue weighted by molar-refractivity contribution is -0.155. The Hall–Kier alpha value is -2.02. The van der Waals surface area contributed by atoms with Gasteiger partial charge in [-0.15, -0.1) is 11.8 Å². The minimum atomic E-state index is -0.595. The number of hydrogen-bond donors (Lipinski definition) is 1. The van der Waals surface area contributed by atoms with Gasteiger partial charge in [-0.25, -0.2) is 4.79 Å². The summed E-state index contributed by atoms with van der Waals surface area (Å²) in [6, 6.07) is 6.75. The van der Waals surface area contributed by atoms with Crippen molar-refractivity contribution in [3.05, 3.63) is 29.8 Å². The van der Waals surface area contributed by atoms with Crippen molar-refractivity contribution in [3.63, 3.8) is 0 Å². The summed E-state index contributed by atoms with van der Waals surface area (Å²) in [6.07, 6.45) is 1.20. The van der Waals surface area contributed by atoms with Crippen LogP contribution in [0.4, 0.5) is 5.69 Å². The van der Waals surface area contributed by atoms with Crippen LogP contribution in [0.5, 0.6) is 0 Å². The Morgan fingerprint density at radius 3 is 2.79 bits per heavy atom. The predicted octanol–water partition coefficient (Wildman–Crippen LogP) is 1.93. The van der Waals surface area contributed by atoms with Gasteiger partial charge in [-0.1, -0.05) is 17.7 Å². The van der Waals surface area contributed by atoms with E-state index in [9.17, 15) is 14.4 Å². The van der Waals surface area contributed by atoms with E-state index in [1.165, 1.54) is 0 Å². The summed E-state index contributed by atoms with van der Waals surface area (Å²) in [5.74, 6) is -0.414. The van der Waals surface area contributed by atoms with E-state index in [-0.39, 0.29) is 17.4 Å². The fraction of sp³-hybridized carbons (Fsp3) is 0.471. The van der Waals surface area contributed by atoms with Crippen LogP contribution in [0.2, 0.25) is 0 Å². The molecule has 6 nitrogen and oxygen atoms in total. The van der Waals surface area contributed by atoms with Gasteiger partial charge in [0.05, 0.1) is 4.87 Å². The minimum Gasteiger partial charge on any atom is -0.454 e. The number of benzene rings is 1. The van der Waals surface area contributed by atoms with Gasteiger partial charge in [0, 0.05) is 17.9 Å². The smallest absolute Gasteiger partial charge is 0.330 e. The zero-order valence-electron chi connectivity index (χ0n) is 13.7. The monoisotopic (exact) mass is 348 g/mol. The normalized spacial score (nSPS) is 25.5. The lowest BCUT2D eigenvalue weighted by atomic mass is 10.2. The van der Waals surface area contributed by atoms with Crippen LogP contribution in [-0.4, -0.2) is 46.0 Å². The Morgan fingerprint density at radius 1 is 1.38 bits per heavy atom. The quantitative estimate of drug-likeness (QED) is 0.842. The Kier molecular flexibility index (Phi) is 4.54. The van der Waals surface area contributed by atoms with Crippen molar-refractivity contribution in [2.45, 2.75) is 37.6 Å². The molecule has 1 aromatic carbocycles. The molecule has 0 aromatic heterocycles. The summed E-state index contributed by atoms with van der Waals surface area (Å²) < 4.78 is 5.13. The Morgan fingerprint density at radius 2 is 2.08 bits per heavy atom. The molecule has 3 rings (SSSR count). The number of fused-ring (bicyclic) bond motifs is 1. The maximum Gasteiger partial charge on any atom is 0.330 e. The topological polar surface area (TPSA) is 75.7 Å². The first-order valence-corrected chi connectivity index (χ1v) is 8.87. The molecule has 128 valence electrons. The molecule has 2 aliphatic rings. The van der Waals surface area contributed by atoms with Crippen molar-refractivity contribution in [1.29, 1.82) is 0 Å². The van der Waals surface area contributed by atoms with E-state index in [1.807, 2.05) is 26.0 Å². The number of rotatable bonds is 4. The van der Waals surface area contributed by atoms with Crippen LogP contribution in [0.15, 0.2) is 24.3 Å². The molecule has 7 heteroatoms. The van der Waals surface area contributed by atoms with E-state index in [4.69, 9.17) is 4.74 Å². The first-order chi connectivity index (χ1) is 11.4. The molecule has 0 radical (unpaired) electrons. The zero-order valence-corrected chi connectivity index (χ0v) is 14.5. The lowest BCUT2D eigenvalue weighted by Gasteiger charge is -2.29. The third-order valence-corrected chi connectivity index (χ3v) is 5.90. The molecule has 0 unspecified atom stereocenters. The second-order valence-corrected chi connectivity index (χ2v) is 7.79. The standard InChI is InChI=1S/C17H20N2O4S/c1-11-3-5-12(6-4-11)18-14(20)9-23-16(22)13-10-24-17(2)8-7-15(21)19(13)17/h3-6,13H,7-10H2,1-2H3,(H,18,20)/t13-,17+/m1/s1. The maximum atomic E-state index is 12.3. The van der Waals surface area contributed by atoms with Crippen molar-refractivity contribution in [1.82, 2.24) is 4.90 Å². The van der Waals surface area contributed by atoms with E-state index in [0.29, 0.717) is 17.9 Å². The van der Waals surface area contributed by atoms with E-state index < -0.39 is 17.9 Å². The maximum absolute atomic E-state index is 12.3. The Bertz CT molecular complexity index is 676. The van der Waals surface area contributed by atoms with Gasteiger partial charge in [-0.2, -0.15) is 0 Å². The third-order valence-electron chi connectivity index (χ3n) is 4.40. The number of carbonyl (C=O) groups excluding carboxylic acids is 3. The van der Waals surface area contributed by atoms with Gasteiger partial charge < -0.3 is 15.0 Å². The van der Waals surface area contributed by atoms with Crippen molar-refractivity contribution < 1.29 is 19.1 Å². The molecule has 2 amide bonds. The molecular formula is C17H20N2O4S. The Balaban J connectivity index is 1.53. The highest BCUT2D eigenvalue weighted by Gasteiger charge is 2.53. The van der Waals surface area contributed by atoms with Gasteiger partial charge in [-0.3, -0.25) is 9.59 Å². The second kappa shape index (κ2) is 6.47. The van der Waals surface area contributed by atoms with Crippen molar-refractivity contribution in [2.24, 2.45) is 0 Å². The van der Waals surface area contributed by atoms with Crippen LogP contribution in [0.3, 0.4) is 0 Å². The fourth-order valence-electron chi connectivity index (χ4n) is 3.06. The van der Waals surface area contributed by atoms with E-state index >= 15 is 0 Å². The lowest BCUT2D eigenvalue weighted by Crippen LogP contribution is -2.47. The molecule has 0 saturated carbocycles. The van der Waals surface area contributed by atoms with Gasteiger partial charge in [0.2, 0.25) is 5.91 Å². The molecule has 2 atom stereocenters. The number of ether oxygens (including phenoxy) is 1. The third kappa shape index (κ3) is 3.26. The summed E-state index contributed by atoms with van der Waals surface area (Å²) in [4.78, 5) is 37.5.